The van der Waals surface area contributed by atoms with Gasteiger partial charge < -0.3 is 25.4 Å². The molecule has 0 bridgehead atoms. The fourth-order valence-corrected chi connectivity index (χ4v) is 2.73. The lowest BCUT2D eigenvalue weighted by atomic mass is 9.94. The highest BCUT2D eigenvalue weighted by Crippen LogP contribution is 2.36. The molecule has 0 unspecified atom stereocenters. The van der Waals surface area contributed by atoms with Crippen LogP contribution in [-0.4, -0.2) is 36.4 Å². The quantitative estimate of drug-likeness (QED) is 0.659. The number of benzene rings is 2. The number of nitrogens with two attached hydrogens (primary N) is 1. The Kier molecular flexibility index (Phi) is 5.49. The smallest absolute Gasteiger partial charge is 0.335 e. The predicted octanol–water partition coefficient (Wildman–Crippen LogP) is 2.47. The highest BCUT2D eigenvalue weighted by Gasteiger charge is 2.19. The van der Waals surface area contributed by atoms with Gasteiger partial charge in [0.25, 0.3) is 0 Å². The van der Waals surface area contributed by atoms with Crippen LogP contribution < -0.4 is 15.2 Å². The average Bonchev–Trinajstić information content (AvgIpc) is 2.59. The van der Waals surface area contributed by atoms with Crippen LogP contribution in [0.2, 0.25) is 0 Å². The molecule has 132 valence electrons. The normalized spacial score (nSPS) is 10.3. The van der Waals surface area contributed by atoms with Crippen LogP contribution >= 0.6 is 0 Å². The van der Waals surface area contributed by atoms with Crippen LogP contribution in [0.5, 0.6) is 11.5 Å². The van der Waals surface area contributed by atoms with Gasteiger partial charge in [0.2, 0.25) is 0 Å². The van der Waals surface area contributed by atoms with Gasteiger partial charge in [-0.1, -0.05) is 12.1 Å². The molecule has 2 aromatic rings. The molecular weight excluding hydrogens is 326 g/mol. The molecule has 0 saturated carbocycles. The first-order chi connectivity index (χ1) is 11.9. The van der Waals surface area contributed by atoms with E-state index in [1.54, 1.807) is 12.1 Å². The molecule has 2 aromatic carbocycles. The molecule has 0 spiro atoms. The largest absolute Gasteiger partial charge is 0.493 e. The second-order valence-corrected chi connectivity index (χ2v) is 5.32. The maximum Gasteiger partial charge on any atom is 0.335 e. The number of aryl methyl sites for hydroxylation is 1. The molecule has 0 aliphatic carbocycles. The van der Waals surface area contributed by atoms with Crippen LogP contribution in [0, 0.1) is 0 Å². The van der Waals surface area contributed by atoms with Crippen molar-refractivity contribution in [3.8, 4) is 11.5 Å². The fraction of sp³-hybridized carbons (Fsp3) is 0.222. The minimum absolute atomic E-state index is 0.0288. The topological polar surface area (TPSA) is 119 Å². The molecule has 0 fully saturated rings. The molecule has 0 heterocycles. The van der Waals surface area contributed by atoms with Crippen molar-refractivity contribution in [2.45, 2.75) is 12.8 Å². The second kappa shape index (κ2) is 7.57. The minimum Gasteiger partial charge on any atom is -0.493 e. The van der Waals surface area contributed by atoms with Crippen LogP contribution in [0.3, 0.4) is 0 Å². The van der Waals surface area contributed by atoms with Gasteiger partial charge in [0.15, 0.2) is 11.5 Å². The van der Waals surface area contributed by atoms with E-state index in [0.29, 0.717) is 29.2 Å². The first-order valence-corrected chi connectivity index (χ1v) is 7.48. The molecule has 0 atom stereocenters. The molecule has 0 aliphatic rings. The summed E-state index contributed by atoms with van der Waals surface area (Å²) >= 11 is 0. The fourth-order valence-electron chi connectivity index (χ4n) is 2.73. The number of hydrogen-bond donors (Lipinski definition) is 3. The summed E-state index contributed by atoms with van der Waals surface area (Å²) in [6, 6.07) is 7.65. The van der Waals surface area contributed by atoms with Crippen molar-refractivity contribution < 1.29 is 29.3 Å². The number of carboxylic acid groups (broad SMARTS) is 2. The molecule has 7 nitrogen and oxygen atoms in total. The van der Waals surface area contributed by atoms with Crippen molar-refractivity contribution >= 4 is 17.6 Å². The van der Waals surface area contributed by atoms with Gasteiger partial charge in [0.05, 0.1) is 31.0 Å². The molecule has 0 aromatic heterocycles. The van der Waals surface area contributed by atoms with Gasteiger partial charge in [-0.25, -0.2) is 9.59 Å². The molecule has 7 heteroatoms. The molecule has 4 N–H and O–H groups in total. The van der Waals surface area contributed by atoms with Crippen LogP contribution in [0.25, 0.3) is 0 Å². The van der Waals surface area contributed by atoms with Crippen molar-refractivity contribution in [1.29, 1.82) is 0 Å². The van der Waals surface area contributed by atoms with Crippen molar-refractivity contribution in [3.63, 3.8) is 0 Å². The summed E-state index contributed by atoms with van der Waals surface area (Å²) in [6.07, 6.45) is 0.570. The predicted molar refractivity (Wildman–Crippen MR) is 91.7 cm³/mol. The monoisotopic (exact) mass is 345 g/mol. The summed E-state index contributed by atoms with van der Waals surface area (Å²) in [7, 11) is 2.97. The van der Waals surface area contributed by atoms with E-state index in [2.05, 4.69) is 0 Å². The van der Waals surface area contributed by atoms with E-state index < -0.39 is 11.9 Å². The van der Waals surface area contributed by atoms with Crippen molar-refractivity contribution in [1.82, 2.24) is 0 Å². The van der Waals surface area contributed by atoms with Crippen LogP contribution in [-0.2, 0) is 12.8 Å². The highest BCUT2D eigenvalue weighted by atomic mass is 16.5. The average molecular weight is 345 g/mol. The second-order valence-electron chi connectivity index (χ2n) is 5.32. The molecule has 2 rings (SSSR count). The molecular formula is C18H19NO6. The molecule has 25 heavy (non-hydrogen) atoms. The SMILES string of the molecule is COc1ccc(CCc2c(C(=O)O)cccc2C(=O)O)c(N)c1OC. The van der Waals surface area contributed by atoms with E-state index in [4.69, 9.17) is 15.2 Å². The third-order valence-corrected chi connectivity index (χ3v) is 3.96. The zero-order valence-corrected chi connectivity index (χ0v) is 13.9. The summed E-state index contributed by atoms with van der Waals surface area (Å²) in [5.41, 5.74) is 7.39. The first-order valence-electron chi connectivity index (χ1n) is 7.48. The van der Waals surface area contributed by atoms with E-state index in [0.717, 1.165) is 0 Å². The van der Waals surface area contributed by atoms with Crippen LogP contribution in [0.15, 0.2) is 30.3 Å². The Bertz CT molecular complexity index is 783. The zero-order chi connectivity index (χ0) is 18.6. The van der Waals surface area contributed by atoms with E-state index >= 15 is 0 Å². The molecule has 0 radical (unpaired) electrons. The van der Waals surface area contributed by atoms with Crippen molar-refractivity contribution in [3.05, 3.63) is 52.6 Å². The van der Waals surface area contributed by atoms with Crippen LogP contribution in [0.1, 0.15) is 31.8 Å². The lowest BCUT2D eigenvalue weighted by Crippen LogP contribution is -2.11. The Balaban J connectivity index is 2.39. The Labute approximate surface area is 144 Å². The van der Waals surface area contributed by atoms with Crippen molar-refractivity contribution in [2.75, 3.05) is 20.0 Å². The molecule has 0 aliphatic heterocycles. The summed E-state index contributed by atoms with van der Waals surface area (Å²) in [5.74, 6) is -1.46. The van der Waals surface area contributed by atoms with E-state index in [-0.39, 0.29) is 23.1 Å². The number of hydrogen-bond acceptors (Lipinski definition) is 5. The maximum atomic E-state index is 11.4. The van der Waals surface area contributed by atoms with Gasteiger partial charge in [0.1, 0.15) is 0 Å². The minimum atomic E-state index is -1.17. The molecule has 0 amide bonds. The van der Waals surface area contributed by atoms with E-state index in [1.807, 2.05) is 0 Å². The summed E-state index contributed by atoms with van der Waals surface area (Å²) in [6.45, 7) is 0. The number of carboxylic acids is 2. The van der Waals surface area contributed by atoms with Crippen LogP contribution in [0.4, 0.5) is 5.69 Å². The summed E-state index contributed by atoms with van der Waals surface area (Å²) < 4.78 is 10.4. The van der Waals surface area contributed by atoms with Gasteiger partial charge in [-0.3, -0.25) is 0 Å². The number of nitrogen functional groups attached to an aromatic ring is 1. The Morgan fingerprint density at radius 3 is 2.04 bits per heavy atom. The third kappa shape index (κ3) is 3.65. The number of methoxy groups -OCH3 is 2. The first kappa shape index (κ1) is 18.1. The lowest BCUT2D eigenvalue weighted by molar-refractivity contribution is 0.0695. The number of rotatable bonds is 7. The van der Waals surface area contributed by atoms with Gasteiger partial charge >= 0.3 is 11.9 Å². The maximum absolute atomic E-state index is 11.4. The standard InChI is InChI=1S/C18H19NO6/c1-24-14-9-7-10(15(19)16(14)25-2)6-8-11-12(17(20)21)4-3-5-13(11)18(22)23/h3-5,7,9H,6,8,19H2,1-2H3,(H,20,21)(H,22,23). The van der Waals surface area contributed by atoms with Crippen molar-refractivity contribution in [2.24, 2.45) is 0 Å². The van der Waals surface area contributed by atoms with E-state index in [9.17, 15) is 19.8 Å². The number of aromatic carboxylic acids is 2. The lowest BCUT2D eigenvalue weighted by Gasteiger charge is -2.15. The Morgan fingerprint density at radius 1 is 0.960 bits per heavy atom. The Morgan fingerprint density at radius 2 is 1.56 bits per heavy atom. The number of anilines is 1. The number of ether oxygens (including phenoxy) is 2. The van der Waals surface area contributed by atoms with E-state index in [1.165, 1.54) is 32.4 Å². The summed E-state index contributed by atoms with van der Waals surface area (Å²) in [4.78, 5) is 22.8. The zero-order valence-electron chi connectivity index (χ0n) is 13.9. The van der Waals surface area contributed by atoms with Gasteiger partial charge in [-0.2, -0.15) is 0 Å². The summed E-state index contributed by atoms with van der Waals surface area (Å²) in [5, 5.41) is 18.6. The molecule has 0 saturated heterocycles. The van der Waals surface area contributed by atoms with Gasteiger partial charge in [0, 0.05) is 0 Å². The van der Waals surface area contributed by atoms with Gasteiger partial charge in [-0.15, -0.1) is 0 Å². The third-order valence-electron chi connectivity index (χ3n) is 3.96. The number of carbonyl (C=O) groups is 2. The highest BCUT2D eigenvalue weighted by molar-refractivity contribution is 5.96. The Hall–Kier alpha value is -3.22. The van der Waals surface area contributed by atoms with Gasteiger partial charge in [-0.05, 0) is 42.2 Å².